The molecule has 33 heavy (non-hydrogen) atoms. The standard InChI is InChI=1S/C26H28O7/c1-13(2)6-8-16-21(23(29)17(9-7-14(3)4)25(31)26(16)32-5)18-12-33-20-11-15(27)10-19(28)22(20)24(18)30/h6-7,10-12,27-29,31H,8-9H2,1-5H3. The van der Waals surface area contributed by atoms with E-state index in [4.69, 9.17) is 9.15 Å². The first-order valence-electron chi connectivity index (χ1n) is 10.4. The Labute approximate surface area is 191 Å². The van der Waals surface area contributed by atoms with E-state index in [1.54, 1.807) is 0 Å². The van der Waals surface area contributed by atoms with Crippen molar-refractivity contribution in [3.05, 3.63) is 63.0 Å². The molecule has 0 atom stereocenters. The predicted molar refractivity (Wildman–Crippen MR) is 127 cm³/mol. The van der Waals surface area contributed by atoms with E-state index in [1.807, 2.05) is 39.8 Å². The van der Waals surface area contributed by atoms with Crippen molar-refractivity contribution >= 4 is 11.0 Å². The molecule has 174 valence electrons. The molecular formula is C26H28O7. The molecule has 0 fully saturated rings. The minimum atomic E-state index is -0.594. The topological polar surface area (TPSA) is 120 Å². The second-order valence-electron chi connectivity index (χ2n) is 8.35. The lowest BCUT2D eigenvalue weighted by Crippen LogP contribution is -2.09. The number of hydrogen-bond donors (Lipinski definition) is 4. The lowest BCUT2D eigenvalue weighted by atomic mass is 9.90. The quantitative estimate of drug-likeness (QED) is 0.374. The summed E-state index contributed by atoms with van der Waals surface area (Å²) in [6.45, 7) is 7.60. The minimum absolute atomic E-state index is 0.00194. The Morgan fingerprint density at radius 1 is 0.939 bits per heavy atom. The van der Waals surface area contributed by atoms with Crippen molar-refractivity contribution in [3.8, 4) is 39.9 Å². The van der Waals surface area contributed by atoms with E-state index in [0.717, 1.165) is 17.2 Å². The zero-order valence-corrected chi connectivity index (χ0v) is 19.3. The molecule has 0 radical (unpaired) electrons. The molecule has 3 aromatic rings. The van der Waals surface area contributed by atoms with Crippen molar-refractivity contribution in [2.75, 3.05) is 7.11 Å². The van der Waals surface area contributed by atoms with Gasteiger partial charge in [-0.15, -0.1) is 0 Å². The molecule has 0 spiro atoms. The van der Waals surface area contributed by atoms with E-state index < -0.39 is 11.2 Å². The lowest BCUT2D eigenvalue weighted by molar-refractivity contribution is 0.363. The zero-order valence-electron chi connectivity index (χ0n) is 19.3. The molecule has 0 amide bonds. The molecule has 7 nitrogen and oxygen atoms in total. The molecule has 0 saturated heterocycles. The van der Waals surface area contributed by atoms with Gasteiger partial charge in [0.2, 0.25) is 5.43 Å². The third-order valence-electron chi connectivity index (χ3n) is 5.34. The van der Waals surface area contributed by atoms with Gasteiger partial charge in [-0.3, -0.25) is 4.79 Å². The SMILES string of the molecule is COc1c(O)c(CC=C(C)C)c(O)c(-c2coc3cc(O)cc(O)c3c2=O)c1CC=C(C)C. The van der Waals surface area contributed by atoms with Crippen LogP contribution in [0.15, 0.2) is 50.9 Å². The highest BCUT2D eigenvalue weighted by Gasteiger charge is 2.27. The Kier molecular flexibility index (Phi) is 6.72. The molecule has 0 aliphatic carbocycles. The molecule has 2 aromatic carbocycles. The summed E-state index contributed by atoms with van der Waals surface area (Å²) < 4.78 is 11.1. The molecule has 0 aliphatic heterocycles. The van der Waals surface area contributed by atoms with Gasteiger partial charge in [0.15, 0.2) is 11.5 Å². The van der Waals surface area contributed by atoms with E-state index in [0.29, 0.717) is 5.56 Å². The largest absolute Gasteiger partial charge is 0.508 e. The molecule has 7 heteroatoms. The first kappa shape index (κ1) is 23.8. The van der Waals surface area contributed by atoms with Crippen LogP contribution in [0.1, 0.15) is 38.8 Å². The van der Waals surface area contributed by atoms with E-state index in [2.05, 4.69) is 0 Å². The number of aromatic hydroxyl groups is 4. The van der Waals surface area contributed by atoms with Gasteiger partial charge < -0.3 is 29.6 Å². The third-order valence-corrected chi connectivity index (χ3v) is 5.34. The van der Waals surface area contributed by atoms with Crippen LogP contribution in [0.2, 0.25) is 0 Å². The molecule has 0 bridgehead atoms. The van der Waals surface area contributed by atoms with Gasteiger partial charge in [-0.2, -0.15) is 0 Å². The summed E-state index contributed by atoms with van der Waals surface area (Å²) in [5.74, 6) is -1.02. The first-order chi connectivity index (χ1) is 15.6. The highest BCUT2D eigenvalue weighted by molar-refractivity contribution is 5.90. The normalized spacial score (nSPS) is 10.8. The van der Waals surface area contributed by atoms with Crippen LogP contribution >= 0.6 is 0 Å². The Morgan fingerprint density at radius 2 is 1.55 bits per heavy atom. The number of benzene rings is 2. The Morgan fingerprint density at radius 3 is 2.12 bits per heavy atom. The zero-order chi connectivity index (χ0) is 24.4. The van der Waals surface area contributed by atoms with E-state index in [-0.39, 0.29) is 63.5 Å². The van der Waals surface area contributed by atoms with Gasteiger partial charge in [0.25, 0.3) is 0 Å². The van der Waals surface area contributed by atoms with Crippen molar-refractivity contribution in [1.82, 2.24) is 0 Å². The third kappa shape index (κ3) is 4.53. The average molecular weight is 453 g/mol. The van der Waals surface area contributed by atoms with Crippen LogP contribution in [0.4, 0.5) is 0 Å². The average Bonchev–Trinajstić information content (AvgIpc) is 2.72. The van der Waals surface area contributed by atoms with Crippen LogP contribution < -0.4 is 10.2 Å². The van der Waals surface area contributed by atoms with Gasteiger partial charge in [-0.25, -0.2) is 0 Å². The van der Waals surface area contributed by atoms with Gasteiger partial charge in [0.1, 0.15) is 34.5 Å². The fourth-order valence-corrected chi connectivity index (χ4v) is 3.70. The van der Waals surface area contributed by atoms with Crippen molar-refractivity contribution in [2.45, 2.75) is 40.5 Å². The number of phenols is 4. The number of rotatable bonds is 6. The Balaban J connectivity index is 2.46. The summed E-state index contributed by atoms with van der Waals surface area (Å²) in [7, 11) is 1.41. The summed E-state index contributed by atoms with van der Waals surface area (Å²) in [4.78, 5) is 13.4. The number of methoxy groups -OCH3 is 1. The summed E-state index contributed by atoms with van der Waals surface area (Å²) in [6.07, 6.45) is 5.37. The van der Waals surface area contributed by atoms with Gasteiger partial charge in [-0.1, -0.05) is 23.3 Å². The van der Waals surface area contributed by atoms with E-state index in [9.17, 15) is 25.2 Å². The first-order valence-corrected chi connectivity index (χ1v) is 10.4. The summed E-state index contributed by atoms with van der Waals surface area (Å²) in [5, 5.41) is 42.1. The van der Waals surface area contributed by atoms with Crippen molar-refractivity contribution in [1.29, 1.82) is 0 Å². The van der Waals surface area contributed by atoms with Crippen LogP contribution in [-0.2, 0) is 12.8 Å². The lowest BCUT2D eigenvalue weighted by Gasteiger charge is -2.20. The van der Waals surface area contributed by atoms with Crippen LogP contribution in [0, 0.1) is 0 Å². The number of allylic oxidation sites excluding steroid dienone is 4. The summed E-state index contributed by atoms with van der Waals surface area (Å²) in [6, 6.07) is 2.27. The summed E-state index contributed by atoms with van der Waals surface area (Å²) >= 11 is 0. The number of ether oxygens (including phenoxy) is 1. The maximum atomic E-state index is 13.4. The van der Waals surface area contributed by atoms with Gasteiger partial charge in [0, 0.05) is 28.8 Å². The molecule has 0 saturated carbocycles. The van der Waals surface area contributed by atoms with E-state index in [1.165, 1.54) is 19.4 Å². The fourth-order valence-electron chi connectivity index (χ4n) is 3.70. The number of phenolic OH excluding ortho intramolecular Hbond substituents is 4. The van der Waals surface area contributed by atoms with Gasteiger partial charge >= 0.3 is 0 Å². The van der Waals surface area contributed by atoms with Crippen LogP contribution in [0.3, 0.4) is 0 Å². The second-order valence-corrected chi connectivity index (χ2v) is 8.35. The Bertz CT molecular complexity index is 1340. The monoisotopic (exact) mass is 452 g/mol. The van der Waals surface area contributed by atoms with Crippen molar-refractivity contribution < 1.29 is 29.6 Å². The van der Waals surface area contributed by atoms with Gasteiger partial charge in [-0.05, 0) is 40.5 Å². The molecule has 3 rings (SSSR count). The smallest absolute Gasteiger partial charge is 0.204 e. The Hall–Kier alpha value is -3.87. The van der Waals surface area contributed by atoms with Crippen LogP contribution in [-0.4, -0.2) is 27.5 Å². The number of hydrogen-bond acceptors (Lipinski definition) is 7. The highest BCUT2D eigenvalue weighted by atomic mass is 16.5. The van der Waals surface area contributed by atoms with E-state index >= 15 is 0 Å². The predicted octanol–water partition coefficient (Wildman–Crippen LogP) is 5.31. The molecule has 4 N–H and O–H groups in total. The molecule has 0 unspecified atom stereocenters. The molecule has 0 aliphatic rings. The minimum Gasteiger partial charge on any atom is -0.508 e. The maximum absolute atomic E-state index is 13.4. The molecular weight excluding hydrogens is 424 g/mol. The summed E-state index contributed by atoms with van der Waals surface area (Å²) in [5.41, 5.74) is 2.15. The maximum Gasteiger partial charge on any atom is 0.204 e. The molecule has 1 aromatic heterocycles. The highest BCUT2D eigenvalue weighted by Crippen LogP contribution is 2.48. The molecule has 1 heterocycles. The van der Waals surface area contributed by atoms with Crippen LogP contribution in [0.5, 0.6) is 28.7 Å². The fraction of sp³-hybridized carbons (Fsp3) is 0.269. The van der Waals surface area contributed by atoms with Crippen molar-refractivity contribution in [2.24, 2.45) is 0 Å². The second kappa shape index (κ2) is 9.32. The van der Waals surface area contributed by atoms with Crippen LogP contribution in [0.25, 0.3) is 22.1 Å². The number of fused-ring (bicyclic) bond motifs is 1. The van der Waals surface area contributed by atoms with Crippen molar-refractivity contribution in [3.63, 3.8) is 0 Å². The van der Waals surface area contributed by atoms with Gasteiger partial charge in [0.05, 0.1) is 12.7 Å².